The number of rotatable bonds is 3. The van der Waals surface area contributed by atoms with Crippen molar-refractivity contribution in [2.75, 3.05) is 25.5 Å². The average Bonchev–Trinajstić information content (AvgIpc) is 2.37. The zero-order chi connectivity index (χ0) is 14.0. The fraction of sp³-hybridized carbons (Fsp3) is 0.538. The summed E-state index contributed by atoms with van der Waals surface area (Å²) < 4.78 is 27.1. The second-order valence-electron chi connectivity index (χ2n) is 4.83. The first-order valence-electron chi connectivity index (χ1n) is 6.37. The number of para-hydroxylation sites is 1. The van der Waals surface area contributed by atoms with Gasteiger partial charge in [-0.2, -0.15) is 16.1 Å². The first-order valence-corrected chi connectivity index (χ1v) is 8.76. The smallest absolute Gasteiger partial charge is 0.245 e. The van der Waals surface area contributed by atoms with Crippen molar-refractivity contribution in [3.63, 3.8) is 0 Å². The molecule has 1 heterocycles. The molecule has 4 nitrogen and oxygen atoms in total. The molecule has 1 N–H and O–H groups in total. The van der Waals surface area contributed by atoms with Gasteiger partial charge in [0.2, 0.25) is 10.0 Å². The molecular weight excluding hydrogens is 280 g/mol. The molecule has 1 aliphatic heterocycles. The third kappa shape index (κ3) is 3.07. The summed E-state index contributed by atoms with van der Waals surface area (Å²) >= 11 is 1.84. The van der Waals surface area contributed by atoms with Crippen molar-refractivity contribution in [1.82, 2.24) is 4.31 Å². The summed E-state index contributed by atoms with van der Waals surface area (Å²) in [6.07, 6.45) is 0. The van der Waals surface area contributed by atoms with Crippen LogP contribution in [-0.2, 0) is 10.0 Å². The molecule has 19 heavy (non-hydrogen) atoms. The predicted octanol–water partition coefficient (Wildman–Crippen LogP) is 2.24. The SMILES string of the molecule is CNc1ccccc1S(=O)(=O)N1CC(C)SC(C)C1. The maximum absolute atomic E-state index is 12.7. The lowest BCUT2D eigenvalue weighted by Crippen LogP contribution is -2.44. The molecule has 1 fully saturated rings. The van der Waals surface area contributed by atoms with Crippen molar-refractivity contribution in [2.45, 2.75) is 29.2 Å². The molecule has 0 aromatic heterocycles. The van der Waals surface area contributed by atoms with Crippen LogP contribution in [0.2, 0.25) is 0 Å². The summed E-state index contributed by atoms with van der Waals surface area (Å²) in [6, 6.07) is 7.05. The topological polar surface area (TPSA) is 49.4 Å². The van der Waals surface area contributed by atoms with Crippen molar-refractivity contribution in [3.8, 4) is 0 Å². The molecule has 106 valence electrons. The molecule has 1 aliphatic rings. The number of hydrogen-bond acceptors (Lipinski definition) is 4. The Hall–Kier alpha value is -0.720. The number of nitrogens with one attached hydrogen (secondary N) is 1. The van der Waals surface area contributed by atoms with Gasteiger partial charge in [-0.25, -0.2) is 8.42 Å². The second kappa shape index (κ2) is 5.73. The highest BCUT2D eigenvalue weighted by atomic mass is 32.2. The largest absolute Gasteiger partial charge is 0.387 e. The van der Waals surface area contributed by atoms with Crippen LogP contribution in [0, 0.1) is 0 Å². The van der Waals surface area contributed by atoms with E-state index < -0.39 is 10.0 Å². The normalized spacial score (nSPS) is 25.2. The van der Waals surface area contributed by atoms with E-state index in [0.717, 1.165) is 0 Å². The second-order valence-corrected chi connectivity index (χ2v) is 8.61. The number of thioether (sulfide) groups is 1. The first-order chi connectivity index (χ1) is 8.95. The molecule has 2 unspecified atom stereocenters. The fourth-order valence-corrected chi connectivity index (χ4v) is 5.69. The minimum absolute atomic E-state index is 0.334. The van der Waals surface area contributed by atoms with Gasteiger partial charge in [0.15, 0.2) is 0 Å². The molecule has 0 radical (unpaired) electrons. The summed E-state index contributed by atoms with van der Waals surface area (Å²) in [5.41, 5.74) is 0.654. The third-order valence-corrected chi connectivity index (χ3v) is 6.28. The molecule has 1 aromatic rings. The van der Waals surface area contributed by atoms with E-state index in [9.17, 15) is 8.42 Å². The highest BCUT2D eigenvalue weighted by Gasteiger charge is 2.33. The van der Waals surface area contributed by atoms with Crippen LogP contribution in [0.3, 0.4) is 0 Å². The zero-order valence-corrected chi connectivity index (χ0v) is 13.1. The van der Waals surface area contributed by atoms with Gasteiger partial charge in [0, 0.05) is 30.6 Å². The minimum Gasteiger partial charge on any atom is -0.387 e. The Labute approximate surface area is 119 Å². The van der Waals surface area contributed by atoms with Gasteiger partial charge in [0.1, 0.15) is 4.90 Å². The molecule has 6 heteroatoms. The Morgan fingerprint density at radius 1 is 1.21 bits per heavy atom. The maximum atomic E-state index is 12.7. The standard InChI is InChI=1S/C13H20N2O2S2/c1-10-8-15(9-11(2)18-10)19(16,17)13-7-5-4-6-12(13)14-3/h4-7,10-11,14H,8-9H2,1-3H3. The molecule has 0 spiro atoms. The number of hydrogen-bond donors (Lipinski definition) is 1. The van der Waals surface area contributed by atoms with Crippen molar-refractivity contribution in [3.05, 3.63) is 24.3 Å². The molecular formula is C13H20N2O2S2. The summed E-state index contributed by atoms with van der Waals surface area (Å²) in [6.45, 7) is 5.31. The van der Waals surface area contributed by atoms with Crippen LogP contribution in [0.15, 0.2) is 29.2 Å². The van der Waals surface area contributed by atoms with Gasteiger partial charge < -0.3 is 5.32 Å². The third-order valence-electron chi connectivity index (χ3n) is 3.16. The van der Waals surface area contributed by atoms with Crippen LogP contribution in [-0.4, -0.2) is 43.4 Å². The predicted molar refractivity (Wildman–Crippen MR) is 81.3 cm³/mol. The van der Waals surface area contributed by atoms with E-state index in [-0.39, 0.29) is 0 Å². The van der Waals surface area contributed by atoms with Gasteiger partial charge in [-0.3, -0.25) is 0 Å². The van der Waals surface area contributed by atoms with Crippen molar-refractivity contribution in [2.24, 2.45) is 0 Å². The van der Waals surface area contributed by atoms with Gasteiger partial charge in [-0.05, 0) is 12.1 Å². The van der Waals surface area contributed by atoms with Crippen LogP contribution >= 0.6 is 11.8 Å². The zero-order valence-electron chi connectivity index (χ0n) is 11.5. The summed E-state index contributed by atoms with van der Waals surface area (Å²) in [5, 5.41) is 3.62. The minimum atomic E-state index is -3.41. The Bertz CT molecular complexity index is 535. The van der Waals surface area contributed by atoms with E-state index >= 15 is 0 Å². The van der Waals surface area contributed by atoms with Gasteiger partial charge in [-0.1, -0.05) is 26.0 Å². The quantitative estimate of drug-likeness (QED) is 0.930. The van der Waals surface area contributed by atoms with Crippen molar-refractivity contribution < 1.29 is 8.42 Å². The molecule has 1 aromatic carbocycles. The number of anilines is 1. The van der Waals surface area contributed by atoms with Gasteiger partial charge in [0.25, 0.3) is 0 Å². The molecule has 0 saturated carbocycles. The number of benzene rings is 1. The van der Waals surface area contributed by atoms with Crippen LogP contribution in [0.25, 0.3) is 0 Å². The van der Waals surface area contributed by atoms with Crippen LogP contribution < -0.4 is 5.32 Å². The lowest BCUT2D eigenvalue weighted by molar-refractivity contribution is 0.405. The van der Waals surface area contributed by atoms with E-state index in [4.69, 9.17) is 0 Å². The van der Waals surface area contributed by atoms with Crippen LogP contribution in [0.5, 0.6) is 0 Å². The molecule has 2 rings (SSSR count). The molecule has 0 aliphatic carbocycles. The lowest BCUT2D eigenvalue weighted by Gasteiger charge is -2.34. The Kier molecular flexibility index (Phi) is 4.43. The molecule has 0 amide bonds. The monoisotopic (exact) mass is 300 g/mol. The fourth-order valence-electron chi connectivity index (χ4n) is 2.36. The summed E-state index contributed by atoms with van der Waals surface area (Å²) in [4.78, 5) is 0.365. The van der Waals surface area contributed by atoms with Gasteiger partial charge >= 0.3 is 0 Å². The number of sulfonamides is 1. The van der Waals surface area contributed by atoms with Gasteiger partial charge in [0.05, 0.1) is 5.69 Å². The highest BCUT2D eigenvalue weighted by Crippen LogP contribution is 2.31. The Balaban J connectivity index is 2.36. The summed E-state index contributed by atoms with van der Waals surface area (Å²) in [5.74, 6) is 0. The lowest BCUT2D eigenvalue weighted by atomic mass is 10.3. The number of nitrogens with zero attached hydrogens (tertiary/aromatic N) is 1. The Morgan fingerprint density at radius 3 is 2.37 bits per heavy atom. The van der Waals surface area contributed by atoms with E-state index in [1.165, 1.54) is 0 Å². The Morgan fingerprint density at radius 2 is 1.79 bits per heavy atom. The van der Waals surface area contributed by atoms with Gasteiger partial charge in [-0.15, -0.1) is 0 Å². The van der Waals surface area contributed by atoms with Crippen molar-refractivity contribution in [1.29, 1.82) is 0 Å². The average molecular weight is 300 g/mol. The highest BCUT2D eigenvalue weighted by molar-refractivity contribution is 8.00. The molecule has 1 saturated heterocycles. The van der Waals surface area contributed by atoms with Crippen molar-refractivity contribution >= 4 is 27.5 Å². The van der Waals surface area contributed by atoms with E-state index in [1.807, 2.05) is 17.8 Å². The van der Waals surface area contributed by atoms with E-state index in [0.29, 0.717) is 34.2 Å². The molecule has 0 bridgehead atoms. The van der Waals surface area contributed by atoms with Crippen LogP contribution in [0.1, 0.15) is 13.8 Å². The van der Waals surface area contributed by atoms with E-state index in [1.54, 1.807) is 29.6 Å². The first kappa shape index (κ1) is 14.7. The van der Waals surface area contributed by atoms with E-state index in [2.05, 4.69) is 19.2 Å². The summed E-state index contributed by atoms with van der Waals surface area (Å²) in [7, 11) is -1.67. The molecule has 2 atom stereocenters. The maximum Gasteiger partial charge on any atom is 0.245 e. The van der Waals surface area contributed by atoms with Crippen LogP contribution in [0.4, 0.5) is 5.69 Å².